The highest BCUT2D eigenvalue weighted by Crippen LogP contribution is 2.40. The Hall–Kier alpha value is -3.59. The number of rotatable bonds is 4. The number of alkyl halides is 3. The molecule has 182 valence electrons. The van der Waals surface area contributed by atoms with E-state index in [2.05, 4.69) is 34.3 Å². The van der Waals surface area contributed by atoms with Crippen LogP contribution in [0, 0.1) is 0 Å². The van der Waals surface area contributed by atoms with Gasteiger partial charge in [0, 0.05) is 48.4 Å². The molecule has 1 aromatic carbocycles. The predicted molar refractivity (Wildman–Crippen MR) is 132 cm³/mol. The van der Waals surface area contributed by atoms with Gasteiger partial charge in [0.15, 0.2) is 0 Å². The summed E-state index contributed by atoms with van der Waals surface area (Å²) in [5, 5.41) is 1.21. The number of hydrogen-bond donors (Lipinski definition) is 1. The Morgan fingerprint density at radius 3 is 2.57 bits per heavy atom. The van der Waals surface area contributed by atoms with Crippen LogP contribution in [0.25, 0.3) is 22.3 Å². The maximum atomic E-state index is 13.0. The first-order chi connectivity index (χ1) is 16.7. The summed E-state index contributed by atoms with van der Waals surface area (Å²) in [6.07, 6.45) is 1.10. The lowest BCUT2D eigenvalue weighted by molar-refractivity contribution is -0.0926. The van der Waals surface area contributed by atoms with Crippen molar-refractivity contribution in [3.05, 3.63) is 81.6 Å². The van der Waals surface area contributed by atoms with E-state index in [0.29, 0.717) is 23.2 Å². The molecule has 3 aliphatic heterocycles. The van der Waals surface area contributed by atoms with Crippen LogP contribution in [-0.4, -0.2) is 40.0 Å². The van der Waals surface area contributed by atoms with Crippen molar-refractivity contribution in [1.82, 2.24) is 14.0 Å². The van der Waals surface area contributed by atoms with Gasteiger partial charge in [-0.25, -0.2) is 0 Å². The first kappa shape index (κ1) is 23.2. The molecule has 5 heterocycles. The molecule has 9 heteroatoms. The van der Waals surface area contributed by atoms with Crippen molar-refractivity contribution in [3.8, 4) is 5.69 Å². The number of nitrogens with zero attached hydrogens (tertiary/aromatic N) is 4. The first-order valence-electron chi connectivity index (χ1n) is 11.5. The van der Waals surface area contributed by atoms with Gasteiger partial charge in [-0.1, -0.05) is 6.07 Å². The fourth-order valence-corrected chi connectivity index (χ4v) is 5.30. The summed E-state index contributed by atoms with van der Waals surface area (Å²) in [6.45, 7) is 6.62. The highest BCUT2D eigenvalue weighted by atomic mass is 19.4. The third kappa shape index (κ3) is 4.10. The Morgan fingerprint density at radius 2 is 1.91 bits per heavy atom. The van der Waals surface area contributed by atoms with E-state index in [4.69, 9.17) is 5.73 Å². The number of fused-ring (bicyclic) bond motifs is 3. The molecule has 0 saturated carbocycles. The number of allylic oxidation sites excluding steroid dienone is 3. The molecule has 2 aromatic heterocycles. The number of nitrogens with two attached hydrogens (primary N) is 1. The van der Waals surface area contributed by atoms with Gasteiger partial charge in [-0.2, -0.15) is 13.2 Å². The van der Waals surface area contributed by atoms with Crippen LogP contribution in [0.15, 0.2) is 64.2 Å². The molecular formula is C26H26F3N5O. The SMILES string of the molecule is C=N/C(=C\C=C(/N)C(F)(F)F)c1ccn(-c2ccc3c4c(n(C)c3c2)C2CCN(CC2)C4)c(=O)c1. The molecule has 2 N–H and O–H groups in total. The summed E-state index contributed by atoms with van der Waals surface area (Å²) in [5.74, 6) is 0.559. The molecule has 3 aliphatic rings. The third-order valence-electron chi connectivity index (χ3n) is 7.11. The van der Waals surface area contributed by atoms with E-state index in [9.17, 15) is 18.0 Å². The van der Waals surface area contributed by atoms with Crippen LogP contribution in [0.2, 0.25) is 0 Å². The lowest BCUT2D eigenvalue weighted by atomic mass is 9.94. The van der Waals surface area contributed by atoms with Crippen molar-refractivity contribution < 1.29 is 13.2 Å². The fourth-order valence-electron chi connectivity index (χ4n) is 5.30. The van der Waals surface area contributed by atoms with E-state index in [1.807, 2.05) is 12.1 Å². The minimum atomic E-state index is -4.64. The smallest absolute Gasteiger partial charge is 0.395 e. The summed E-state index contributed by atoms with van der Waals surface area (Å²) in [5.41, 5.74) is 8.51. The predicted octanol–water partition coefficient (Wildman–Crippen LogP) is 4.47. The number of aromatic nitrogens is 2. The average molecular weight is 482 g/mol. The highest BCUT2D eigenvalue weighted by molar-refractivity contribution is 5.87. The molecule has 0 atom stereocenters. The zero-order valence-electron chi connectivity index (χ0n) is 19.3. The van der Waals surface area contributed by atoms with Crippen LogP contribution in [0.4, 0.5) is 13.2 Å². The molecular weight excluding hydrogens is 455 g/mol. The molecule has 0 radical (unpaired) electrons. The Balaban J connectivity index is 1.52. The van der Waals surface area contributed by atoms with E-state index in [0.717, 1.165) is 31.2 Å². The largest absolute Gasteiger partial charge is 0.430 e. The topological polar surface area (TPSA) is 68.5 Å². The summed E-state index contributed by atoms with van der Waals surface area (Å²) < 4.78 is 41.8. The van der Waals surface area contributed by atoms with E-state index < -0.39 is 11.9 Å². The zero-order chi connectivity index (χ0) is 24.9. The van der Waals surface area contributed by atoms with Crippen LogP contribution in [-0.2, 0) is 13.6 Å². The minimum Gasteiger partial charge on any atom is -0.395 e. The van der Waals surface area contributed by atoms with Crippen LogP contribution in [0.3, 0.4) is 0 Å². The molecule has 6 rings (SSSR count). The number of hydrogen-bond acceptors (Lipinski definition) is 4. The lowest BCUT2D eigenvalue weighted by Crippen LogP contribution is -2.29. The third-order valence-corrected chi connectivity index (χ3v) is 7.11. The molecule has 0 spiro atoms. The molecule has 1 saturated heterocycles. The van der Waals surface area contributed by atoms with Crippen LogP contribution in [0.1, 0.15) is 35.6 Å². The summed E-state index contributed by atoms with van der Waals surface area (Å²) in [7, 11) is 2.10. The van der Waals surface area contributed by atoms with Crippen molar-refractivity contribution in [1.29, 1.82) is 0 Å². The van der Waals surface area contributed by atoms with E-state index in [-0.39, 0.29) is 11.3 Å². The number of halogens is 3. The van der Waals surface area contributed by atoms with Crippen molar-refractivity contribution in [2.75, 3.05) is 13.1 Å². The summed E-state index contributed by atoms with van der Waals surface area (Å²) in [6, 6.07) is 8.98. The van der Waals surface area contributed by atoms with Gasteiger partial charge in [0.05, 0.1) is 16.9 Å². The van der Waals surface area contributed by atoms with Gasteiger partial charge in [0.2, 0.25) is 0 Å². The van der Waals surface area contributed by atoms with Gasteiger partial charge < -0.3 is 10.3 Å². The minimum absolute atomic E-state index is 0.119. The van der Waals surface area contributed by atoms with Gasteiger partial charge in [0.25, 0.3) is 5.56 Å². The summed E-state index contributed by atoms with van der Waals surface area (Å²) >= 11 is 0. The molecule has 6 nitrogen and oxygen atoms in total. The van der Waals surface area contributed by atoms with Crippen LogP contribution < -0.4 is 11.3 Å². The molecule has 3 aromatic rings. The zero-order valence-corrected chi connectivity index (χ0v) is 19.3. The second-order valence-corrected chi connectivity index (χ2v) is 9.13. The monoisotopic (exact) mass is 481 g/mol. The van der Waals surface area contributed by atoms with Gasteiger partial charge in [-0.05, 0) is 68.6 Å². The van der Waals surface area contributed by atoms with Crippen molar-refractivity contribution >= 4 is 23.3 Å². The van der Waals surface area contributed by atoms with Crippen molar-refractivity contribution in [2.45, 2.75) is 31.5 Å². The molecule has 35 heavy (non-hydrogen) atoms. The Bertz CT molecular complexity index is 1440. The van der Waals surface area contributed by atoms with E-state index >= 15 is 0 Å². The maximum Gasteiger partial charge on any atom is 0.430 e. The van der Waals surface area contributed by atoms with Crippen molar-refractivity contribution in [3.63, 3.8) is 0 Å². The highest BCUT2D eigenvalue weighted by Gasteiger charge is 2.32. The normalized spacial score (nSPS) is 20.7. The van der Waals surface area contributed by atoms with E-state index in [1.54, 1.807) is 12.3 Å². The van der Waals surface area contributed by atoms with Crippen LogP contribution >= 0.6 is 0 Å². The van der Waals surface area contributed by atoms with Gasteiger partial charge in [0.1, 0.15) is 5.70 Å². The van der Waals surface area contributed by atoms with Crippen LogP contribution in [0.5, 0.6) is 0 Å². The number of pyridine rings is 1. The molecule has 1 fully saturated rings. The van der Waals surface area contributed by atoms with Crippen molar-refractivity contribution in [2.24, 2.45) is 17.8 Å². The standard InChI is InChI=1S/C26H26F3N5O/c1-31-21(5-6-23(30)26(27,28)29)17-9-12-34(24(35)13-17)18-3-4-19-20-15-33-10-7-16(8-11-33)25(20)32(2)22(19)14-18/h3-6,9,12-14,16H,1,7-8,10-11,15,30H2,2H3/b21-5-,23-6-. The average Bonchev–Trinajstić information content (AvgIpc) is 2.97. The van der Waals surface area contributed by atoms with Gasteiger partial charge in [-0.3, -0.25) is 19.3 Å². The van der Waals surface area contributed by atoms with Gasteiger partial charge >= 0.3 is 6.18 Å². The molecule has 2 bridgehead atoms. The Labute approximate surface area is 200 Å². The summed E-state index contributed by atoms with van der Waals surface area (Å²) in [4.78, 5) is 19.2. The van der Waals surface area contributed by atoms with Gasteiger partial charge in [-0.15, -0.1) is 0 Å². The Kier molecular flexibility index (Phi) is 5.67. The number of benzene rings is 1. The van der Waals surface area contributed by atoms with E-state index in [1.165, 1.54) is 40.1 Å². The Morgan fingerprint density at radius 1 is 1.17 bits per heavy atom. The number of piperidine rings is 1. The molecule has 0 unspecified atom stereocenters. The maximum absolute atomic E-state index is 13.0. The number of aryl methyl sites for hydroxylation is 1. The lowest BCUT2D eigenvalue weighted by Gasteiger charge is -2.27. The second-order valence-electron chi connectivity index (χ2n) is 9.13. The second kappa shape index (κ2) is 8.57. The quantitative estimate of drug-likeness (QED) is 0.442. The fraction of sp³-hybridized carbons (Fsp3) is 0.308. The molecule has 0 aliphatic carbocycles. The number of aliphatic imine (C=N–C) groups is 1. The first-order valence-corrected chi connectivity index (χ1v) is 11.5. The molecule has 0 amide bonds.